The first-order valence-corrected chi connectivity index (χ1v) is 6.04. The van der Waals surface area contributed by atoms with Gasteiger partial charge in [0, 0.05) is 12.4 Å². The van der Waals surface area contributed by atoms with Crippen molar-refractivity contribution in [3.63, 3.8) is 0 Å². The van der Waals surface area contributed by atoms with E-state index in [9.17, 15) is 0 Å². The zero-order valence-electron chi connectivity index (χ0n) is 9.32. The molecule has 0 saturated carbocycles. The average Bonchev–Trinajstić information content (AvgIpc) is 2.35. The highest BCUT2D eigenvalue weighted by molar-refractivity contribution is 6.39. The third-order valence-electron chi connectivity index (χ3n) is 2.51. The summed E-state index contributed by atoms with van der Waals surface area (Å²) in [5, 5.41) is 4.53. The Kier molecular flexibility index (Phi) is 3.87. The fourth-order valence-corrected chi connectivity index (χ4v) is 2.07. The standard InChI is InChI=1S/C13H12Cl2N2/c1-9(10-4-3-7-16-8-10)17-13-11(14)5-2-6-12(13)15/h2-9,17H,1H3. The van der Waals surface area contributed by atoms with Gasteiger partial charge in [-0.1, -0.05) is 35.3 Å². The highest BCUT2D eigenvalue weighted by atomic mass is 35.5. The van der Waals surface area contributed by atoms with Crippen molar-refractivity contribution in [1.82, 2.24) is 4.98 Å². The van der Waals surface area contributed by atoms with Gasteiger partial charge >= 0.3 is 0 Å². The second-order valence-electron chi connectivity index (χ2n) is 3.75. The summed E-state index contributed by atoms with van der Waals surface area (Å²) < 4.78 is 0. The predicted molar refractivity (Wildman–Crippen MR) is 72.7 cm³/mol. The summed E-state index contributed by atoms with van der Waals surface area (Å²) in [6, 6.07) is 9.46. The minimum absolute atomic E-state index is 0.0982. The normalized spacial score (nSPS) is 12.2. The monoisotopic (exact) mass is 266 g/mol. The number of anilines is 1. The third-order valence-corrected chi connectivity index (χ3v) is 3.14. The number of rotatable bonds is 3. The van der Waals surface area contributed by atoms with Crippen LogP contribution in [0.15, 0.2) is 42.7 Å². The minimum Gasteiger partial charge on any atom is -0.376 e. The van der Waals surface area contributed by atoms with Crippen molar-refractivity contribution in [2.24, 2.45) is 0 Å². The maximum absolute atomic E-state index is 6.10. The first kappa shape index (κ1) is 12.2. The molecule has 2 nitrogen and oxygen atoms in total. The fourth-order valence-electron chi connectivity index (χ4n) is 1.57. The summed E-state index contributed by atoms with van der Waals surface area (Å²) in [5.74, 6) is 0. The van der Waals surface area contributed by atoms with Crippen molar-refractivity contribution < 1.29 is 0 Å². The van der Waals surface area contributed by atoms with Gasteiger partial charge in [0.25, 0.3) is 0 Å². The molecule has 0 amide bonds. The lowest BCUT2D eigenvalue weighted by Crippen LogP contribution is -2.07. The van der Waals surface area contributed by atoms with Crippen LogP contribution in [-0.4, -0.2) is 4.98 Å². The van der Waals surface area contributed by atoms with Crippen LogP contribution in [0, 0.1) is 0 Å². The first-order chi connectivity index (χ1) is 8.18. The second-order valence-corrected chi connectivity index (χ2v) is 4.56. The van der Waals surface area contributed by atoms with Gasteiger partial charge in [-0.3, -0.25) is 4.98 Å². The van der Waals surface area contributed by atoms with Crippen LogP contribution in [0.25, 0.3) is 0 Å². The molecular weight excluding hydrogens is 255 g/mol. The molecule has 17 heavy (non-hydrogen) atoms. The quantitative estimate of drug-likeness (QED) is 0.881. The molecule has 0 radical (unpaired) electrons. The Morgan fingerprint density at radius 3 is 2.41 bits per heavy atom. The average molecular weight is 267 g/mol. The van der Waals surface area contributed by atoms with Crippen molar-refractivity contribution in [3.05, 3.63) is 58.3 Å². The summed E-state index contributed by atoms with van der Waals surface area (Å²) in [6.07, 6.45) is 3.57. The summed E-state index contributed by atoms with van der Waals surface area (Å²) >= 11 is 12.2. The SMILES string of the molecule is CC(Nc1c(Cl)cccc1Cl)c1cccnc1. The van der Waals surface area contributed by atoms with Gasteiger partial charge in [-0.05, 0) is 30.7 Å². The van der Waals surface area contributed by atoms with Gasteiger partial charge in [0.1, 0.15) is 0 Å². The lowest BCUT2D eigenvalue weighted by molar-refractivity contribution is 0.876. The summed E-state index contributed by atoms with van der Waals surface area (Å²) in [7, 11) is 0. The molecule has 0 aliphatic rings. The highest BCUT2D eigenvalue weighted by Crippen LogP contribution is 2.32. The van der Waals surface area contributed by atoms with Crippen molar-refractivity contribution in [2.45, 2.75) is 13.0 Å². The molecular formula is C13H12Cl2N2. The lowest BCUT2D eigenvalue weighted by Gasteiger charge is -2.17. The van der Waals surface area contributed by atoms with Gasteiger partial charge in [-0.2, -0.15) is 0 Å². The number of nitrogens with zero attached hydrogens (tertiary/aromatic N) is 1. The number of aromatic nitrogens is 1. The van der Waals surface area contributed by atoms with Gasteiger partial charge in [-0.25, -0.2) is 0 Å². The number of hydrogen-bond acceptors (Lipinski definition) is 2. The summed E-state index contributed by atoms with van der Waals surface area (Å²) in [6.45, 7) is 2.04. The topological polar surface area (TPSA) is 24.9 Å². The number of para-hydroxylation sites is 1. The number of nitrogens with one attached hydrogen (secondary N) is 1. The summed E-state index contributed by atoms with van der Waals surface area (Å²) in [5.41, 5.74) is 1.84. The minimum atomic E-state index is 0.0982. The van der Waals surface area contributed by atoms with Crippen molar-refractivity contribution in [1.29, 1.82) is 0 Å². The van der Waals surface area contributed by atoms with E-state index in [1.165, 1.54) is 0 Å². The molecule has 2 aromatic rings. The van der Waals surface area contributed by atoms with E-state index in [-0.39, 0.29) is 6.04 Å². The van der Waals surface area contributed by atoms with Crippen LogP contribution in [0.5, 0.6) is 0 Å². The molecule has 1 aromatic heterocycles. The van der Waals surface area contributed by atoms with Crippen LogP contribution < -0.4 is 5.32 Å². The van der Waals surface area contributed by atoms with E-state index < -0.39 is 0 Å². The lowest BCUT2D eigenvalue weighted by atomic mass is 10.1. The Morgan fingerprint density at radius 1 is 1.12 bits per heavy atom. The molecule has 1 N–H and O–H groups in total. The molecule has 4 heteroatoms. The van der Waals surface area contributed by atoms with Crippen LogP contribution >= 0.6 is 23.2 Å². The Bertz CT molecular complexity index is 480. The fraction of sp³-hybridized carbons (Fsp3) is 0.154. The van der Waals surface area contributed by atoms with Crippen LogP contribution in [0.3, 0.4) is 0 Å². The molecule has 1 heterocycles. The molecule has 0 saturated heterocycles. The number of pyridine rings is 1. The van der Waals surface area contributed by atoms with E-state index in [0.717, 1.165) is 11.3 Å². The second kappa shape index (κ2) is 5.39. The van der Waals surface area contributed by atoms with Gasteiger partial charge in [0.05, 0.1) is 21.8 Å². The van der Waals surface area contributed by atoms with E-state index in [1.807, 2.05) is 43.5 Å². The Labute approximate surface area is 111 Å². The third kappa shape index (κ3) is 2.90. The van der Waals surface area contributed by atoms with Crippen molar-refractivity contribution in [2.75, 3.05) is 5.32 Å². The van der Waals surface area contributed by atoms with Crippen molar-refractivity contribution in [3.8, 4) is 0 Å². The Hall–Kier alpha value is -1.25. The van der Waals surface area contributed by atoms with Gasteiger partial charge in [0.15, 0.2) is 0 Å². The van der Waals surface area contributed by atoms with E-state index in [4.69, 9.17) is 23.2 Å². The van der Waals surface area contributed by atoms with Crippen LogP contribution in [0.2, 0.25) is 10.0 Å². The smallest absolute Gasteiger partial charge is 0.0723 e. The molecule has 0 spiro atoms. The maximum Gasteiger partial charge on any atom is 0.0723 e. The Morgan fingerprint density at radius 2 is 1.82 bits per heavy atom. The van der Waals surface area contributed by atoms with E-state index in [0.29, 0.717) is 10.0 Å². The number of benzene rings is 1. The van der Waals surface area contributed by atoms with Gasteiger partial charge in [-0.15, -0.1) is 0 Å². The zero-order chi connectivity index (χ0) is 12.3. The maximum atomic E-state index is 6.10. The largest absolute Gasteiger partial charge is 0.376 e. The molecule has 0 aliphatic carbocycles. The zero-order valence-corrected chi connectivity index (χ0v) is 10.8. The van der Waals surface area contributed by atoms with Crippen molar-refractivity contribution >= 4 is 28.9 Å². The number of hydrogen-bond donors (Lipinski definition) is 1. The Balaban J connectivity index is 2.22. The molecule has 1 aromatic carbocycles. The molecule has 0 aliphatic heterocycles. The molecule has 1 atom stereocenters. The molecule has 1 unspecified atom stereocenters. The van der Waals surface area contributed by atoms with E-state index in [2.05, 4.69) is 10.3 Å². The summed E-state index contributed by atoms with van der Waals surface area (Å²) in [4.78, 5) is 4.09. The number of halogens is 2. The van der Waals surface area contributed by atoms with Crippen LogP contribution in [-0.2, 0) is 0 Å². The molecule has 2 rings (SSSR count). The van der Waals surface area contributed by atoms with Crippen LogP contribution in [0.1, 0.15) is 18.5 Å². The molecule has 88 valence electrons. The predicted octanol–water partition coefficient (Wildman–Crippen LogP) is 4.56. The molecule has 0 fully saturated rings. The highest BCUT2D eigenvalue weighted by Gasteiger charge is 2.10. The molecule has 0 bridgehead atoms. The van der Waals surface area contributed by atoms with E-state index in [1.54, 1.807) is 6.20 Å². The first-order valence-electron chi connectivity index (χ1n) is 5.29. The van der Waals surface area contributed by atoms with Gasteiger partial charge in [0.2, 0.25) is 0 Å². The van der Waals surface area contributed by atoms with E-state index >= 15 is 0 Å². The van der Waals surface area contributed by atoms with Crippen LogP contribution in [0.4, 0.5) is 5.69 Å². The van der Waals surface area contributed by atoms with Gasteiger partial charge < -0.3 is 5.32 Å².